The van der Waals surface area contributed by atoms with E-state index in [1.807, 2.05) is 25.7 Å². The van der Waals surface area contributed by atoms with Gasteiger partial charge in [0.1, 0.15) is 12.2 Å². The van der Waals surface area contributed by atoms with Crippen molar-refractivity contribution in [3.63, 3.8) is 0 Å². The van der Waals surface area contributed by atoms with Crippen molar-refractivity contribution in [2.45, 2.75) is 77.9 Å². The van der Waals surface area contributed by atoms with Crippen molar-refractivity contribution in [1.29, 1.82) is 0 Å². The number of hydrogen-bond donors (Lipinski definition) is 0. The average molecular weight is 337 g/mol. The highest BCUT2D eigenvalue weighted by atomic mass is 16.6. The van der Waals surface area contributed by atoms with E-state index < -0.39 is 5.41 Å². The molecule has 1 saturated heterocycles. The van der Waals surface area contributed by atoms with E-state index in [1.165, 1.54) is 6.42 Å². The predicted molar refractivity (Wildman–Crippen MR) is 90.5 cm³/mol. The molecular weight excluding hydrogens is 306 g/mol. The molecule has 24 heavy (non-hydrogen) atoms. The van der Waals surface area contributed by atoms with Gasteiger partial charge in [0, 0.05) is 24.9 Å². The molecule has 1 amide bonds. The summed E-state index contributed by atoms with van der Waals surface area (Å²) in [6.45, 7) is 7.39. The molecule has 0 radical (unpaired) electrons. The summed E-state index contributed by atoms with van der Waals surface area (Å²) in [5.74, 6) is 0.540. The summed E-state index contributed by atoms with van der Waals surface area (Å²) in [5, 5.41) is 0. The van der Waals surface area contributed by atoms with Gasteiger partial charge in [-0.1, -0.05) is 6.92 Å². The maximum absolute atomic E-state index is 12.5. The fraction of sp³-hybridized carbons (Fsp3) is 0.895. The van der Waals surface area contributed by atoms with Crippen LogP contribution in [0.3, 0.4) is 0 Å². The third-order valence-electron chi connectivity index (χ3n) is 6.30. The van der Waals surface area contributed by atoms with E-state index >= 15 is 0 Å². The summed E-state index contributed by atoms with van der Waals surface area (Å²) in [6.07, 6.45) is 6.47. The molecule has 0 spiro atoms. The number of amides is 1. The normalized spacial score (nSPS) is 32.7. The lowest BCUT2D eigenvalue weighted by molar-refractivity contribution is -0.169. The molecule has 5 heteroatoms. The Morgan fingerprint density at radius 3 is 2.17 bits per heavy atom. The fourth-order valence-electron chi connectivity index (χ4n) is 4.21. The Labute approximate surface area is 145 Å². The molecule has 2 saturated carbocycles. The number of likely N-dealkylation sites (tertiary alicyclic amines) is 1. The van der Waals surface area contributed by atoms with E-state index in [0.29, 0.717) is 11.8 Å². The van der Waals surface area contributed by atoms with Crippen molar-refractivity contribution in [2.75, 3.05) is 13.1 Å². The third-order valence-corrected chi connectivity index (χ3v) is 6.30. The Morgan fingerprint density at radius 2 is 1.58 bits per heavy atom. The number of ether oxygens (including phenoxy) is 2. The van der Waals surface area contributed by atoms with Gasteiger partial charge in [-0.3, -0.25) is 4.79 Å². The van der Waals surface area contributed by atoms with Gasteiger partial charge in [-0.25, -0.2) is 4.79 Å². The Hall–Kier alpha value is -1.26. The third kappa shape index (κ3) is 3.40. The summed E-state index contributed by atoms with van der Waals surface area (Å²) in [6, 6.07) is 0. The topological polar surface area (TPSA) is 55.8 Å². The van der Waals surface area contributed by atoms with E-state index in [1.54, 1.807) is 0 Å². The first-order chi connectivity index (χ1) is 11.4. The lowest BCUT2D eigenvalue weighted by atomic mass is 9.89. The summed E-state index contributed by atoms with van der Waals surface area (Å²) in [7, 11) is 0. The number of rotatable bonds is 4. The minimum Gasteiger partial charge on any atom is -0.458 e. The first kappa shape index (κ1) is 17.6. The molecule has 3 rings (SSSR count). The maximum Gasteiger partial charge on any atom is 0.410 e. The van der Waals surface area contributed by atoms with Gasteiger partial charge in [0.25, 0.3) is 0 Å². The fourth-order valence-corrected chi connectivity index (χ4v) is 4.21. The van der Waals surface area contributed by atoms with Crippen molar-refractivity contribution in [1.82, 2.24) is 4.90 Å². The highest BCUT2D eigenvalue weighted by Crippen LogP contribution is 2.48. The minimum atomic E-state index is -0.483. The number of nitrogens with zero attached hydrogens (tertiary/aromatic N) is 1. The summed E-state index contributed by atoms with van der Waals surface area (Å²) in [5.41, 5.74) is -0.483. The van der Waals surface area contributed by atoms with Gasteiger partial charge in [-0.2, -0.15) is 0 Å². The molecule has 1 aliphatic heterocycles. The molecule has 0 aromatic heterocycles. The zero-order valence-corrected chi connectivity index (χ0v) is 15.3. The number of carbonyl (C=O) groups is 2. The Bertz CT molecular complexity index is 484. The van der Waals surface area contributed by atoms with E-state index in [9.17, 15) is 9.59 Å². The second-order valence-electron chi connectivity index (χ2n) is 8.34. The number of hydrogen-bond acceptors (Lipinski definition) is 4. The van der Waals surface area contributed by atoms with E-state index in [4.69, 9.17) is 9.47 Å². The molecule has 2 aliphatic carbocycles. The molecule has 0 N–H and O–H groups in total. The molecule has 3 aliphatic rings. The van der Waals surface area contributed by atoms with Crippen LogP contribution in [-0.2, 0) is 14.3 Å². The number of carbonyl (C=O) groups excluding carboxylic acids is 2. The molecule has 0 aromatic carbocycles. The second kappa shape index (κ2) is 6.93. The van der Waals surface area contributed by atoms with Gasteiger partial charge in [0.05, 0.1) is 5.41 Å². The van der Waals surface area contributed by atoms with Crippen LogP contribution in [0, 0.1) is 17.3 Å². The zero-order chi connectivity index (χ0) is 17.3. The molecule has 136 valence electrons. The smallest absolute Gasteiger partial charge is 0.410 e. The molecule has 4 unspecified atom stereocenters. The zero-order valence-electron chi connectivity index (χ0n) is 15.3. The van der Waals surface area contributed by atoms with E-state index in [0.717, 1.165) is 51.6 Å². The molecular formula is C19H31NO4. The predicted octanol–water partition coefficient (Wildman–Crippen LogP) is 3.76. The van der Waals surface area contributed by atoms with Crippen molar-refractivity contribution in [3.8, 4) is 0 Å². The van der Waals surface area contributed by atoms with Crippen LogP contribution >= 0.6 is 0 Å². The molecule has 5 nitrogen and oxygen atoms in total. The van der Waals surface area contributed by atoms with Crippen LogP contribution in [0.1, 0.15) is 65.7 Å². The average Bonchev–Trinajstić information content (AvgIpc) is 3.18. The quantitative estimate of drug-likeness (QED) is 0.733. The first-order valence-corrected chi connectivity index (χ1v) is 9.59. The highest BCUT2D eigenvalue weighted by Gasteiger charge is 2.53. The summed E-state index contributed by atoms with van der Waals surface area (Å²) >= 11 is 0. The van der Waals surface area contributed by atoms with Crippen molar-refractivity contribution in [2.24, 2.45) is 17.3 Å². The molecule has 3 fully saturated rings. The first-order valence-electron chi connectivity index (χ1n) is 9.59. The van der Waals surface area contributed by atoms with Gasteiger partial charge in [-0.15, -0.1) is 0 Å². The largest absolute Gasteiger partial charge is 0.458 e. The van der Waals surface area contributed by atoms with Crippen molar-refractivity contribution < 1.29 is 19.1 Å². The van der Waals surface area contributed by atoms with Crippen LogP contribution in [0.15, 0.2) is 0 Å². The minimum absolute atomic E-state index is 0.165. The van der Waals surface area contributed by atoms with Crippen LogP contribution in [0.25, 0.3) is 0 Å². The summed E-state index contributed by atoms with van der Waals surface area (Å²) < 4.78 is 11.7. The van der Waals surface area contributed by atoms with Crippen molar-refractivity contribution in [3.05, 3.63) is 0 Å². The van der Waals surface area contributed by atoms with E-state index in [-0.39, 0.29) is 24.3 Å². The Morgan fingerprint density at radius 1 is 1.00 bits per heavy atom. The number of piperidine rings is 1. The maximum atomic E-state index is 12.5. The van der Waals surface area contributed by atoms with Gasteiger partial charge in [0.2, 0.25) is 0 Å². The van der Waals surface area contributed by atoms with Crippen LogP contribution in [0.2, 0.25) is 0 Å². The highest BCUT2D eigenvalue weighted by molar-refractivity contribution is 5.76. The van der Waals surface area contributed by atoms with Crippen LogP contribution in [-0.4, -0.2) is 42.3 Å². The van der Waals surface area contributed by atoms with Crippen LogP contribution in [0.4, 0.5) is 4.79 Å². The molecule has 1 heterocycles. The van der Waals surface area contributed by atoms with Crippen molar-refractivity contribution >= 4 is 12.1 Å². The lowest BCUT2D eigenvalue weighted by Gasteiger charge is -2.34. The van der Waals surface area contributed by atoms with E-state index in [2.05, 4.69) is 0 Å². The lowest BCUT2D eigenvalue weighted by Crippen LogP contribution is -2.45. The molecule has 0 aromatic rings. The SMILES string of the molecule is CCC(C)(C)C(=O)OC1C2CCC(C2)C1OC(=O)N1CCCCC1. The monoisotopic (exact) mass is 337 g/mol. The van der Waals surface area contributed by atoms with Gasteiger partial charge >= 0.3 is 12.1 Å². The second-order valence-corrected chi connectivity index (χ2v) is 8.34. The Balaban J connectivity index is 1.64. The summed E-state index contributed by atoms with van der Waals surface area (Å²) in [4.78, 5) is 26.8. The number of fused-ring (bicyclic) bond motifs is 2. The van der Waals surface area contributed by atoms with Gasteiger partial charge in [-0.05, 0) is 58.8 Å². The molecule has 4 atom stereocenters. The Kier molecular flexibility index (Phi) is 5.07. The van der Waals surface area contributed by atoms with Gasteiger partial charge in [0.15, 0.2) is 0 Å². The standard InChI is InChI=1S/C19H31NO4/c1-4-19(2,3)17(21)23-15-13-8-9-14(12-13)16(15)24-18(22)20-10-6-5-7-11-20/h13-16H,4-12H2,1-3H3. The number of esters is 1. The van der Waals surface area contributed by atoms with Gasteiger partial charge < -0.3 is 14.4 Å². The molecule has 2 bridgehead atoms. The van der Waals surface area contributed by atoms with Crippen LogP contribution < -0.4 is 0 Å². The van der Waals surface area contributed by atoms with Crippen LogP contribution in [0.5, 0.6) is 0 Å².